The third kappa shape index (κ3) is 6.83. The van der Waals surface area contributed by atoms with Crippen molar-refractivity contribution < 1.29 is 31.8 Å². The lowest BCUT2D eigenvalue weighted by Crippen LogP contribution is -2.41. The van der Waals surface area contributed by atoms with Gasteiger partial charge in [-0.05, 0) is 83.9 Å². The number of fused-ring (bicyclic) bond motifs is 1. The van der Waals surface area contributed by atoms with Crippen LogP contribution < -0.4 is 5.32 Å². The Labute approximate surface area is 241 Å². The summed E-state index contributed by atoms with van der Waals surface area (Å²) in [5.41, 5.74) is 4.88. The molecule has 0 bridgehead atoms. The summed E-state index contributed by atoms with van der Waals surface area (Å²) in [6.45, 7) is 3.09. The Balaban J connectivity index is 1.33. The Kier molecular flexibility index (Phi) is 9.27. The minimum Gasteiger partial charge on any atom is -0.383 e. The van der Waals surface area contributed by atoms with Gasteiger partial charge in [0.05, 0.1) is 6.61 Å². The van der Waals surface area contributed by atoms with Gasteiger partial charge in [0, 0.05) is 43.8 Å². The molecule has 4 aromatic rings. The molecule has 1 aliphatic rings. The molecule has 5 rings (SSSR count). The van der Waals surface area contributed by atoms with Gasteiger partial charge in [0.25, 0.3) is 0 Å². The highest BCUT2D eigenvalue weighted by molar-refractivity contribution is 5.98. The van der Waals surface area contributed by atoms with E-state index in [2.05, 4.69) is 21.7 Å². The van der Waals surface area contributed by atoms with Gasteiger partial charge in [-0.2, -0.15) is 13.2 Å². The fraction of sp³-hybridized carbons (Fsp3) is 0.375. The van der Waals surface area contributed by atoms with E-state index in [0.717, 1.165) is 27.6 Å². The van der Waals surface area contributed by atoms with Crippen molar-refractivity contribution in [2.45, 2.75) is 50.8 Å². The second-order valence-electron chi connectivity index (χ2n) is 10.8. The Morgan fingerprint density at radius 2 is 1.79 bits per heavy atom. The maximum Gasteiger partial charge on any atom is 0.427 e. The fourth-order valence-electron chi connectivity index (χ4n) is 5.82. The number of alkyl halides is 3. The molecule has 0 aliphatic carbocycles. The number of aliphatic hydroxyl groups is 1. The van der Waals surface area contributed by atoms with Gasteiger partial charge >= 0.3 is 6.18 Å². The Morgan fingerprint density at radius 3 is 2.50 bits per heavy atom. The van der Waals surface area contributed by atoms with Crippen molar-refractivity contribution >= 4 is 10.9 Å². The van der Waals surface area contributed by atoms with E-state index in [1.165, 1.54) is 18.2 Å². The summed E-state index contributed by atoms with van der Waals surface area (Å²) in [7, 11) is 1.66. The first kappa shape index (κ1) is 30.2. The maximum atomic E-state index is 14.8. The molecule has 224 valence electrons. The first-order chi connectivity index (χ1) is 20.1. The van der Waals surface area contributed by atoms with Crippen molar-refractivity contribution in [2.75, 3.05) is 26.8 Å². The number of nitrogens with one attached hydrogen (secondary N) is 1. The van der Waals surface area contributed by atoms with Crippen LogP contribution in [0.2, 0.25) is 0 Å². The van der Waals surface area contributed by atoms with Crippen molar-refractivity contribution in [1.82, 2.24) is 14.8 Å². The van der Waals surface area contributed by atoms with Crippen LogP contribution in [0.5, 0.6) is 0 Å². The summed E-state index contributed by atoms with van der Waals surface area (Å²) < 4.78 is 74.4. The smallest absolute Gasteiger partial charge is 0.383 e. The molecule has 0 spiro atoms. The van der Waals surface area contributed by atoms with E-state index in [1.54, 1.807) is 25.3 Å². The number of nitrogens with zero attached hydrogens (tertiary/aromatic N) is 2. The van der Waals surface area contributed by atoms with Gasteiger partial charge < -0.3 is 14.4 Å². The van der Waals surface area contributed by atoms with E-state index in [0.29, 0.717) is 56.8 Å². The van der Waals surface area contributed by atoms with Gasteiger partial charge in [-0.1, -0.05) is 36.4 Å². The van der Waals surface area contributed by atoms with Gasteiger partial charge in [-0.25, -0.2) is 8.78 Å². The number of rotatable bonds is 10. The van der Waals surface area contributed by atoms with E-state index < -0.39 is 12.4 Å². The molecular formula is C32H34F5N3O2. The molecule has 1 saturated heterocycles. The number of likely N-dealkylation sites (tertiary alicyclic amines) is 1. The van der Waals surface area contributed by atoms with Crippen molar-refractivity contribution in [3.05, 3.63) is 95.2 Å². The average Bonchev–Trinajstić information content (AvgIpc) is 3.32. The third-order valence-corrected chi connectivity index (χ3v) is 7.95. The van der Waals surface area contributed by atoms with Crippen molar-refractivity contribution in [3.8, 4) is 11.1 Å². The molecule has 1 aliphatic heterocycles. The zero-order chi connectivity index (χ0) is 29.9. The van der Waals surface area contributed by atoms with Gasteiger partial charge in [0.1, 0.15) is 11.6 Å². The van der Waals surface area contributed by atoms with E-state index in [-0.39, 0.29) is 24.1 Å². The van der Waals surface area contributed by atoms with Crippen LogP contribution >= 0.6 is 0 Å². The molecular weight excluding hydrogens is 553 g/mol. The molecule has 1 aromatic heterocycles. The monoisotopic (exact) mass is 587 g/mol. The lowest BCUT2D eigenvalue weighted by atomic mass is 9.88. The maximum absolute atomic E-state index is 14.8. The third-order valence-electron chi connectivity index (χ3n) is 7.95. The molecule has 2 N–H and O–H groups in total. The second-order valence-corrected chi connectivity index (χ2v) is 10.8. The normalized spacial score (nSPS) is 15.9. The highest BCUT2D eigenvalue weighted by Crippen LogP contribution is 2.36. The second kappa shape index (κ2) is 12.9. The van der Waals surface area contributed by atoms with Crippen molar-refractivity contribution in [1.29, 1.82) is 0 Å². The predicted octanol–water partition coefficient (Wildman–Crippen LogP) is 6.58. The lowest BCUT2D eigenvalue weighted by Gasteiger charge is -2.32. The number of ether oxygens (including phenoxy) is 1. The van der Waals surface area contributed by atoms with Crippen LogP contribution in [0.25, 0.3) is 22.0 Å². The van der Waals surface area contributed by atoms with Crippen LogP contribution in [0.1, 0.15) is 35.4 Å². The molecule has 1 fully saturated rings. The van der Waals surface area contributed by atoms with Crippen molar-refractivity contribution in [3.63, 3.8) is 0 Å². The van der Waals surface area contributed by atoms with Gasteiger partial charge in [-0.15, -0.1) is 0 Å². The first-order valence-corrected chi connectivity index (χ1v) is 14.0. The zero-order valence-corrected chi connectivity index (χ0v) is 23.3. The molecule has 1 unspecified atom stereocenters. The van der Waals surface area contributed by atoms with E-state index in [4.69, 9.17) is 4.74 Å². The van der Waals surface area contributed by atoms with E-state index in [1.807, 2.05) is 23.5 Å². The number of methoxy groups -OCH3 is 1. The molecule has 10 heteroatoms. The Bertz CT molecular complexity index is 1510. The fourth-order valence-corrected chi connectivity index (χ4v) is 5.82. The quantitative estimate of drug-likeness (QED) is 0.163. The molecule has 3 aromatic carbocycles. The van der Waals surface area contributed by atoms with Crippen LogP contribution in [-0.2, 0) is 24.4 Å². The predicted molar refractivity (Wildman–Crippen MR) is 152 cm³/mol. The topological polar surface area (TPSA) is 49.7 Å². The molecule has 0 radical (unpaired) electrons. The number of hydrogen-bond acceptors (Lipinski definition) is 4. The van der Waals surface area contributed by atoms with Crippen LogP contribution in [0.4, 0.5) is 22.0 Å². The molecule has 42 heavy (non-hydrogen) atoms. The number of benzene rings is 3. The first-order valence-electron chi connectivity index (χ1n) is 14.0. The average molecular weight is 588 g/mol. The number of halogens is 5. The lowest BCUT2D eigenvalue weighted by molar-refractivity contribution is -0.213. The zero-order valence-electron chi connectivity index (χ0n) is 23.3. The molecule has 1 atom stereocenters. The Morgan fingerprint density at radius 1 is 1.02 bits per heavy atom. The molecule has 0 amide bonds. The van der Waals surface area contributed by atoms with Crippen LogP contribution in [0.15, 0.2) is 66.9 Å². The standard InChI is InChI=1S/C32H34F5N3O2/c1-42-15-14-40-20-24(30-26(6-3-7-29(30)40)23-4-2-5-25(33)17-23)19-39-12-10-22(11-13-39)27-16-21(8-9-28(27)34)18-38-31(41)32(35,36)37/h2-9,16-17,20,22,31,38,41H,10-15,18-19H2,1H3. The van der Waals surface area contributed by atoms with Crippen LogP contribution in [0.3, 0.4) is 0 Å². The Hall–Kier alpha value is -3.31. The van der Waals surface area contributed by atoms with Gasteiger partial charge in [0.15, 0.2) is 0 Å². The number of aromatic nitrogens is 1. The highest BCUT2D eigenvalue weighted by atomic mass is 19.4. The summed E-state index contributed by atoms with van der Waals surface area (Å²) in [4.78, 5) is 2.32. The summed E-state index contributed by atoms with van der Waals surface area (Å²) in [5.74, 6) is -0.746. The molecule has 0 saturated carbocycles. The minimum absolute atomic E-state index is 0.0698. The van der Waals surface area contributed by atoms with Gasteiger partial charge in [-0.3, -0.25) is 10.2 Å². The molecule has 5 nitrogen and oxygen atoms in total. The van der Waals surface area contributed by atoms with Gasteiger partial charge in [0.2, 0.25) is 6.23 Å². The largest absolute Gasteiger partial charge is 0.427 e. The summed E-state index contributed by atoms with van der Waals surface area (Å²) >= 11 is 0. The van der Waals surface area contributed by atoms with Crippen LogP contribution in [0, 0.1) is 11.6 Å². The van der Waals surface area contributed by atoms with E-state index >= 15 is 0 Å². The van der Waals surface area contributed by atoms with E-state index in [9.17, 15) is 27.1 Å². The van der Waals surface area contributed by atoms with Crippen LogP contribution in [-0.4, -0.2) is 53.8 Å². The number of piperidine rings is 1. The van der Waals surface area contributed by atoms with Crippen molar-refractivity contribution in [2.24, 2.45) is 0 Å². The number of hydrogen-bond donors (Lipinski definition) is 2. The minimum atomic E-state index is -4.77. The molecule has 2 heterocycles. The highest BCUT2D eigenvalue weighted by Gasteiger charge is 2.37. The SMILES string of the molecule is COCCn1cc(CN2CCC(c3cc(CNC(O)C(F)(F)F)ccc3F)CC2)c2c(-c3cccc(F)c3)cccc21. The summed E-state index contributed by atoms with van der Waals surface area (Å²) in [6.07, 6.45) is -3.90. The summed E-state index contributed by atoms with van der Waals surface area (Å²) in [6, 6.07) is 16.9. The summed E-state index contributed by atoms with van der Waals surface area (Å²) in [5, 5.41) is 12.3. The number of aliphatic hydroxyl groups excluding tert-OH is 1.